The molecule has 1 atom stereocenters. The van der Waals surface area contributed by atoms with E-state index < -0.39 is 11.6 Å². The van der Waals surface area contributed by atoms with Crippen molar-refractivity contribution in [3.05, 3.63) is 34.4 Å². The van der Waals surface area contributed by atoms with Crippen LogP contribution in [-0.4, -0.2) is 47.8 Å². The van der Waals surface area contributed by atoms with Crippen molar-refractivity contribution in [2.45, 2.75) is 39.0 Å². The Labute approximate surface area is 157 Å². The lowest BCUT2D eigenvalue weighted by molar-refractivity contribution is -0.142. The number of piperidine rings is 2. The van der Waals surface area contributed by atoms with Crippen LogP contribution < -0.4 is 0 Å². The SMILES string of the molecule is CCN1CC2(CCCN(C(=O)Cc3c(F)ccc(Cl)c3F)C2)CCC1=O. The first-order valence-corrected chi connectivity index (χ1v) is 9.41. The Hall–Kier alpha value is -1.69. The Bertz CT molecular complexity index is 728. The number of amides is 2. The molecule has 7 heteroatoms. The molecule has 0 saturated carbocycles. The average Bonchev–Trinajstić information content (AvgIpc) is 2.64. The third-order valence-corrected chi connectivity index (χ3v) is 5.90. The Kier molecular flexibility index (Phi) is 5.51. The van der Waals surface area contributed by atoms with Crippen molar-refractivity contribution in [1.29, 1.82) is 0 Å². The molecular formula is C19H23ClF2N2O2. The second kappa shape index (κ2) is 7.51. The molecule has 2 amide bonds. The fraction of sp³-hybridized carbons (Fsp3) is 0.579. The van der Waals surface area contributed by atoms with Gasteiger partial charge in [0.2, 0.25) is 11.8 Å². The summed E-state index contributed by atoms with van der Waals surface area (Å²) in [5.41, 5.74) is -0.389. The molecule has 26 heavy (non-hydrogen) atoms. The molecular weight excluding hydrogens is 362 g/mol. The minimum absolute atomic E-state index is 0.108. The molecule has 2 fully saturated rings. The highest BCUT2D eigenvalue weighted by molar-refractivity contribution is 6.30. The van der Waals surface area contributed by atoms with E-state index in [9.17, 15) is 18.4 Å². The number of rotatable bonds is 3. The lowest BCUT2D eigenvalue weighted by Gasteiger charge is -2.48. The number of likely N-dealkylation sites (tertiary alicyclic amines) is 2. The Morgan fingerprint density at radius 1 is 1.27 bits per heavy atom. The number of hydrogen-bond acceptors (Lipinski definition) is 2. The van der Waals surface area contributed by atoms with E-state index in [-0.39, 0.29) is 34.2 Å². The van der Waals surface area contributed by atoms with Gasteiger partial charge >= 0.3 is 0 Å². The van der Waals surface area contributed by atoms with Gasteiger partial charge in [0.25, 0.3) is 0 Å². The molecule has 0 bridgehead atoms. The lowest BCUT2D eigenvalue weighted by Crippen LogP contribution is -2.55. The van der Waals surface area contributed by atoms with Crippen molar-refractivity contribution < 1.29 is 18.4 Å². The van der Waals surface area contributed by atoms with Gasteiger partial charge in [-0.1, -0.05) is 11.6 Å². The molecule has 3 rings (SSSR count). The second-order valence-corrected chi connectivity index (χ2v) is 7.73. The molecule has 1 spiro atoms. The Morgan fingerprint density at radius 2 is 2.04 bits per heavy atom. The highest BCUT2D eigenvalue weighted by Crippen LogP contribution is 2.39. The number of carbonyl (C=O) groups excluding carboxylic acids is 2. The maximum atomic E-state index is 14.1. The number of halogens is 3. The quantitative estimate of drug-likeness (QED) is 0.749. The van der Waals surface area contributed by atoms with Crippen LogP contribution in [0.25, 0.3) is 0 Å². The van der Waals surface area contributed by atoms with E-state index in [0.717, 1.165) is 31.4 Å². The van der Waals surface area contributed by atoms with Crippen LogP contribution in [0.1, 0.15) is 38.2 Å². The predicted molar refractivity (Wildman–Crippen MR) is 94.8 cm³/mol. The van der Waals surface area contributed by atoms with Gasteiger partial charge in [0, 0.05) is 43.6 Å². The first-order chi connectivity index (χ1) is 12.3. The number of benzene rings is 1. The minimum Gasteiger partial charge on any atom is -0.342 e. The number of nitrogens with zero attached hydrogens (tertiary/aromatic N) is 2. The van der Waals surface area contributed by atoms with E-state index >= 15 is 0 Å². The van der Waals surface area contributed by atoms with E-state index in [1.807, 2.05) is 11.8 Å². The average molecular weight is 385 g/mol. The van der Waals surface area contributed by atoms with Crippen LogP contribution in [0.2, 0.25) is 5.02 Å². The molecule has 1 unspecified atom stereocenters. The maximum absolute atomic E-state index is 14.1. The zero-order valence-corrected chi connectivity index (χ0v) is 15.6. The van der Waals surface area contributed by atoms with E-state index in [4.69, 9.17) is 11.6 Å². The maximum Gasteiger partial charge on any atom is 0.227 e. The van der Waals surface area contributed by atoms with Gasteiger partial charge in [-0.3, -0.25) is 9.59 Å². The van der Waals surface area contributed by atoms with Gasteiger partial charge in [0.15, 0.2) is 0 Å². The van der Waals surface area contributed by atoms with Crippen LogP contribution >= 0.6 is 11.6 Å². The number of carbonyl (C=O) groups is 2. The first-order valence-electron chi connectivity index (χ1n) is 9.03. The van der Waals surface area contributed by atoms with Gasteiger partial charge in [0.05, 0.1) is 11.4 Å². The molecule has 0 aromatic heterocycles. The molecule has 2 saturated heterocycles. The highest BCUT2D eigenvalue weighted by atomic mass is 35.5. The van der Waals surface area contributed by atoms with Gasteiger partial charge in [-0.25, -0.2) is 8.78 Å². The summed E-state index contributed by atoms with van der Waals surface area (Å²) in [5, 5.41) is -0.186. The van der Waals surface area contributed by atoms with Crippen LogP contribution in [-0.2, 0) is 16.0 Å². The smallest absolute Gasteiger partial charge is 0.227 e. The summed E-state index contributed by atoms with van der Waals surface area (Å²) in [6, 6.07) is 2.23. The summed E-state index contributed by atoms with van der Waals surface area (Å²) in [5.74, 6) is -1.77. The van der Waals surface area contributed by atoms with Crippen LogP contribution in [0.15, 0.2) is 12.1 Å². The molecule has 0 N–H and O–H groups in total. The van der Waals surface area contributed by atoms with Crippen molar-refractivity contribution in [2.24, 2.45) is 5.41 Å². The zero-order chi connectivity index (χ0) is 18.9. The fourth-order valence-corrected chi connectivity index (χ4v) is 4.32. The molecule has 0 radical (unpaired) electrons. The van der Waals surface area contributed by atoms with E-state index in [0.29, 0.717) is 32.6 Å². The zero-order valence-electron chi connectivity index (χ0n) is 14.9. The summed E-state index contributed by atoms with van der Waals surface area (Å²) in [7, 11) is 0. The van der Waals surface area contributed by atoms with E-state index in [1.165, 1.54) is 0 Å². The largest absolute Gasteiger partial charge is 0.342 e. The minimum atomic E-state index is -0.868. The van der Waals surface area contributed by atoms with Crippen molar-refractivity contribution in [3.63, 3.8) is 0 Å². The normalized spacial score (nSPS) is 23.6. The first kappa shape index (κ1) is 19.1. The molecule has 2 heterocycles. The Balaban J connectivity index is 1.73. The molecule has 1 aromatic carbocycles. The highest BCUT2D eigenvalue weighted by Gasteiger charge is 2.42. The predicted octanol–water partition coefficient (Wildman–Crippen LogP) is 3.41. The standard InChI is InChI=1S/C19H23ClF2N2O2/c1-2-23-11-19(8-6-16(23)25)7-3-9-24(12-19)17(26)10-13-15(21)5-4-14(20)18(13)22/h4-5H,2-3,6-12H2,1H3. The van der Waals surface area contributed by atoms with Gasteiger partial charge in [-0.05, 0) is 38.3 Å². The molecule has 0 aliphatic carbocycles. The monoisotopic (exact) mass is 384 g/mol. The van der Waals surface area contributed by atoms with E-state index in [2.05, 4.69) is 0 Å². The van der Waals surface area contributed by atoms with Crippen molar-refractivity contribution >= 4 is 23.4 Å². The molecule has 2 aliphatic rings. The van der Waals surface area contributed by atoms with Gasteiger partial charge in [0.1, 0.15) is 11.6 Å². The number of hydrogen-bond donors (Lipinski definition) is 0. The van der Waals surface area contributed by atoms with Crippen molar-refractivity contribution in [1.82, 2.24) is 9.80 Å². The molecule has 2 aliphatic heterocycles. The van der Waals surface area contributed by atoms with Gasteiger partial charge < -0.3 is 9.80 Å². The molecule has 142 valence electrons. The molecule has 1 aromatic rings. The van der Waals surface area contributed by atoms with Crippen molar-refractivity contribution in [2.75, 3.05) is 26.2 Å². The third kappa shape index (κ3) is 3.70. The fourth-order valence-electron chi connectivity index (χ4n) is 4.14. The second-order valence-electron chi connectivity index (χ2n) is 7.33. The summed E-state index contributed by atoms with van der Waals surface area (Å²) < 4.78 is 28.0. The Morgan fingerprint density at radius 3 is 2.77 bits per heavy atom. The summed E-state index contributed by atoms with van der Waals surface area (Å²) in [6.07, 6.45) is 2.70. The molecule has 4 nitrogen and oxygen atoms in total. The summed E-state index contributed by atoms with van der Waals surface area (Å²) in [6.45, 7) is 4.36. The summed E-state index contributed by atoms with van der Waals surface area (Å²) >= 11 is 5.71. The van der Waals surface area contributed by atoms with Crippen LogP contribution in [0.5, 0.6) is 0 Å². The van der Waals surface area contributed by atoms with Crippen LogP contribution in [0.3, 0.4) is 0 Å². The topological polar surface area (TPSA) is 40.6 Å². The third-order valence-electron chi connectivity index (χ3n) is 5.61. The van der Waals surface area contributed by atoms with Crippen LogP contribution in [0.4, 0.5) is 8.78 Å². The van der Waals surface area contributed by atoms with Crippen LogP contribution in [0, 0.1) is 17.0 Å². The van der Waals surface area contributed by atoms with E-state index in [1.54, 1.807) is 4.90 Å². The summed E-state index contributed by atoms with van der Waals surface area (Å²) in [4.78, 5) is 28.2. The van der Waals surface area contributed by atoms with Gasteiger partial charge in [-0.15, -0.1) is 0 Å². The van der Waals surface area contributed by atoms with Gasteiger partial charge in [-0.2, -0.15) is 0 Å². The van der Waals surface area contributed by atoms with Crippen molar-refractivity contribution in [3.8, 4) is 0 Å². The lowest BCUT2D eigenvalue weighted by atomic mass is 9.73.